The van der Waals surface area contributed by atoms with Crippen molar-refractivity contribution in [2.75, 3.05) is 26.8 Å². The highest BCUT2D eigenvalue weighted by Crippen LogP contribution is 2.29. The van der Waals surface area contributed by atoms with Gasteiger partial charge in [-0.2, -0.15) is 0 Å². The molecule has 1 aliphatic rings. The molecule has 3 atom stereocenters. The third kappa shape index (κ3) is 4.94. The Labute approximate surface area is 111 Å². The topological polar surface area (TPSA) is 58.6 Å². The number of methoxy groups -OCH3 is 1. The van der Waals surface area contributed by atoms with Gasteiger partial charge < -0.3 is 15.2 Å². The Morgan fingerprint density at radius 2 is 2.12 bits per heavy atom. The first-order chi connectivity index (χ1) is 8.19. The lowest BCUT2D eigenvalue weighted by Gasteiger charge is -2.30. The Balaban J connectivity index is 2.22. The summed E-state index contributed by atoms with van der Waals surface area (Å²) in [7, 11) is 1.39. The van der Waals surface area contributed by atoms with Gasteiger partial charge in [0.1, 0.15) is 4.83 Å². The second kappa shape index (κ2) is 8.06. The fraction of sp³-hybridized carbons (Fsp3) is 0.917. The Morgan fingerprint density at radius 3 is 2.71 bits per heavy atom. The second-order valence-corrected chi connectivity index (χ2v) is 5.74. The highest BCUT2D eigenvalue weighted by Gasteiger charge is 2.24. The van der Waals surface area contributed by atoms with Gasteiger partial charge in [-0.05, 0) is 31.2 Å². The Kier molecular flexibility index (Phi) is 7.08. The van der Waals surface area contributed by atoms with Crippen LogP contribution in [0.1, 0.15) is 25.7 Å². The molecule has 0 aromatic rings. The Bertz CT molecular complexity index is 238. The zero-order valence-corrected chi connectivity index (χ0v) is 11.9. The molecule has 0 saturated heterocycles. The number of rotatable bonds is 6. The summed E-state index contributed by atoms with van der Waals surface area (Å²) in [5.41, 5.74) is 0. The minimum absolute atomic E-state index is 0.250. The largest absolute Gasteiger partial charge is 0.468 e. The van der Waals surface area contributed by atoms with E-state index in [1.165, 1.54) is 26.4 Å². The molecule has 1 rings (SSSR count). The van der Waals surface area contributed by atoms with Crippen LogP contribution in [-0.2, 0) is 9.53 Å². The van der Waals surface area contributed by atoms with Gasteiger partial charge in [0.2, 0.25) is 0 Å². The van der Waals surface area contributed by atoms with Gasteiger partial charge in [0, 0.05) is 13.2 Å². The van der Waals surface area contributed by atoms with E-state index in [0.717, 1.165) is 13.0 Å². The van der Waals surface area contributed by atoms with Crippen LogP contribution in [0.15, 0.2) is 0 Å². The lowest BCUT2D eigenvalue weighted by molar-refractivity contribution is -0.139. The van der Waals surface area contributed by atoms with E-state index in [0.29, 0.717) is 18.4 Å². The van der Waals surface area contributed by atoms with E-state index >= 15 is 0 Å². The number of aliphatic hydroxyl groups is 1. The summed E-state index contributed by atoms with van der Waals surface area (Å²) in [4.78, 5) is 10.9. The molecule has 1 fully saturated rings. The number of ether oxygens (including phenoxy) is 1. The number of halogens is 1. The van der Waals surface area contributed by atoms with E-state index in [9.17, 15) is 9.90 Å². The van der Waals surface area contributed by atoms with Gasteiger partial charge in [0.15, 0.2) is 0 Å². The first kappa shape index (κ1) is 14.9. The van der Waals surface area contributed by atoms with Crippen LogP contribution in [0.4, 0.5) is 0 Å². The number of nitrogens with one attached hydrogen (secondary N) is 1. The maximum absolute atomic E-state index is 11.2. The van der Waals surface area contributed by atoms with Crippen molar-refractivity contribution in [1.29, 1.82) is 0 Å². The molecule has 0 heterocycles. The number of carbonyl (C=O) groups is 1. The number of aliphatic hydroxyl groups excluding tert-OH is 1. The summed E-state index contributed by atoms with van der Waals surface area (Å²) < 4.78 is 4.63. The van der Waals surface area contributed by atoms with Crippen molar-refractivity contribution in [1.82, 2.24) is 5.32 Å². The van der Waals surface area contributed by atoms with Crippen molar-refractivity contribution in [3.63, 3.8) is 0 Å². The van der Waals surface area contributed by atoms with Crippen LogP contribution in [0.5, 0.6) is 0 Å². The highest BCUT2D eigenvalue weighted by molar-refractivity contribution is 9.10. The third-order valence-electron chi connectivity index (χ3n) is 3.49. The minimum Gasteiger partial charge on any atom is -0.468 e. The molecule has 0 spiro atoms. The SMILES string of the molecule is COC(=O)C(Br)CNCC1CCCCC1CO. The molecule has 1 saturated carbocycles. The summed E-state index contributed by atoms with van der Waals surface area (Å²) in [6.07, 6.45) is 4.77. The fourth-order valence-corrected chi connectivity index (χ4v) is 2.82. The number of esters is 1. The summed E-state index contributed by atoms with van der Waals surface area (Å²) >= 11 is 3.27. The second-order valence-electron chi connectivity index (χ2n) is 4.64. The van der Waals surface area contributed by atoms with Crippen molar-refractivity contribution >= 4 is 21.9 Å². The van der Waals surface area contributed by atoms with Crippen molar-refractivity contribution in [2.45, 2.75) is 30.5 Å². The van der Waals surface area contributed by atoms with E-state index in [-0.39, 0.29) is 17.4 Å². The summed E-state index contributed by atoms with van der Waals surface area (Å²) in [5, 5.41) is 12.6. The van der Waals surface area contributed by atoms with Crippen LogP contribution >= 0.6 is 15.9 Å². The maximum Gasteiger partial charge on any atom is 0.320 e. The lowest BCUT2D eigenvalue weighted by Crippen LogP contribution is -2.36. The van der Waals surface area contributed by atoms with Crippen LogP contribution in [0, 0.1) is 11.8 Å². The van der Waals surface area contributed by atoms with Gasteiger partial charge in [-0.15, -0.1) is 0 Å². The number of hydrogen-bond donors (Lipinski definition) is 2. The van der Waals surface area contributed by atoms with Crippen molar-refractivity contribution in [3.8, 4) is 0 Å². The smallest absolute Gasteiger partial charge is 0.320 e. The molecule has 100 valence electrons. The highest BCUT2D eigenvalue weighted by atomic mass is 79.9. The van der Waals surface area contributed by atoms with Crippen LogP contribution in [-0.4, -0.2) is 42.7 Å². The van der Waals surface area contributed by atoms with E-state index in [4.69, 9.17) is 0 Å². The number of carbonyl (C=O) groups excluding carboxylic acids is 1. The first-order valence-corrected chi connectivity index (χ1v) is 7.14. The molecule has 0 bridgehead atoms. The molecule has 0 amide bonds. The van der Waals surface area contributed by atoms with Gasteiger partial charge in [0.05, 0.1) is 7.11 Å². The normalized spacial score (nSPS) is 26.5. The average molecular weight is 308 g/mol. The van der Waals surface area contributed by atoms with Crippen LogP contribution in [0.3, 0.4) is 0 Å². The molecular weight excluding hydrogens is 286 g/mol. The van der Waals surface area contributed by atoms with Crippen LogP contribution in [0.25, 0.3) is 0 Å². The minimum atomic E-state index is -0.288. The third-order valence-corrected chi connectivity index (χ3v) is 4.19. The molecule has 5 heteroatoms. The molecule has 0 aromatic heterocycles. The predicted octanol–water partition coefficient (Wildman–Crippen LogP) is 1.31. The molecule has 4 nitrogen and oxygen atoms in total. The van der Waals surface area contributed by atoms with Gasteiger partial charge in [-0.25, -0.2) is 0 Å². The Morgan fingerprint density at radius 1 is 1.47 bits per heavy atom. The molecule has 0 aliphatic heterocycles. The van der Waals surface area contributed by atoms with E-state index < -0.39 is 0 Å². The van der Waals surface area contributed by atoms with Crippen molar-refractivity contribution < 1.29 is 14.6 Å². The molecule has 3 unspecified atom stereocenters. The first-order valence-electron chi connectivity index (χ1n) is 6.22. The summed E-state index contributed by atoms with van der Waals surface area (Å²) in [5.74, 6) is 0.703. The molecule has 0 aromatic carbocycles. The fourth-order valence-electron chi connectivity index (χ4n) is 2.40. The van der Waals surface area contributed by atoms with E-state index in [1.54, 1.807) is 0 Å². The zero-order valence-electron chi connectivity index (χ0n) is 10.3. The van der Waals surface area contributed by atoms with Gasteiger partial charge in [-0.1, -0.05) is 28.8 Å². The zero-order chi connectivity index (χ0) is 12.7. The molecule has 2 N–H and O–H groups in total. The van der Waals surface area contributed by atoms with Crippen LogP contribution < -0.4 is 5.32 Å². The Hall–Kier alpha value is -0.130. The number of hydrogen-bond acceptors (Lipinski definition) is 4. The van der Waals surface area contributed by atoms with Gasteiger partial charge >= 0.3 is 5.97 Å². The monoisotopic (exact) mass is 307 g/mol. The predicted molar refractivity (Wildman–Crippen MR) is 70.1 cm³/mol. The molecule has 17 heavy (non-hydrogen) atoms. The van der Waals surface area contributed by atoms with Crippen LogP contribution in [0.2, 0.25) is 0 Å². The quantitative estimate of drug-likeness (QED) is 0.574. The molecule has 1 aliphatic carbocycles. The van der Waals surface area contributed by atoms with E-state index in [1.807, 2.05) is 0 Å². The van der Waals surface area contributed by atoms with E-state index in [2.05, 4.69) is 26.0 Å². The lowest BCUT2D eigenvalue weighted by atomic mass is 9.79. The molecule has 0 radical (unpaired) electrons. The van der Waals surface area contributed by atoms with Crippen molar-refractivity contribution in [2.24, 2.45) is 11.8 Å². The standard InChI is InChI=1S/C12H22BrNO3/c1-17-12(16)11(13)7-14-6-9-4-2-3-5-10(9)8-15/h9-11,14-15H,2-8H2,1H3. The van der Waals surface area contributed by atoms with Gasteiger partial charge in [-0.3, -0.25) is 4.79 Å². The van der Waals surface area contributed by atoms with Gasteiger partial charge in [0.25, 0.3) is 0 Å². The number of alkyl halides is 1. The van der Waals surface area contributed by atoms with Crippen molar-refractivity contribution in [3.05, 3.63) is 0 Å². The summed E-state index contributed by atoms with van der Waals surface area (Å²) in [6.45, 7) is 1.72. The summed E-state index contributed by atoms with van der Waals surface area (Å²) in [6, 6.07) is 0. The average Bonchev–Trinajstić information content (AvgIpc) is 2.38. The maximum atomic E-state index is 11.2. The molecular formula is C12H22BrNO3.